The number of rotatable bonds is 3. The Hall–Kier alpha value is -2.41. The number of aryl methyl sites for hydroxylation is 2. The Kier molecular flexibility index (Phi) is 3.49. The molecule has 0 aromatic carbocycles. The van der Waals surface area contributed by atoms with Gasteiger partial charge in [-0.1, -0.05) is 0 Å². The van der Waals surface area contributed by atoms with E-state index in [-0.39, 0.29) is 0 Å². The molecule has 120 valence electrons. The molecule has 0 radical (unpaired) electrons. The van der Waals surface area contributed by atoms with E-state index in [0.717, 1.165) is 50.0 Å². The van der Waals surface area contributed by atoms with E-state index in [9.17, 15) is 0 Å². The molecule has 0 unspecified atom stereocenters. The zero-order valence-electron chi connectivity index (χ0n) is 13.6. The van der Waals surface area contributed by atoms with Crippen LogP contribution in [0.4, 0.5) is 5.82 Å². The molecule has 0 spiro atoms. The highest BCUT2D eigenvalue weighted by Gasteiger charge is 2.20. The summed E-state index contributed by atoms with van der Waals surface area (Å²) in [7, 11) is 2.06. The van der Waals surface area contributed by atoms with E-state index in [2.05, 4.69) is 54.9 Å². The maximum Gasteiger partial charge on any atom is 0.176 e. The van der Waals surface area contributed by atoms with Crippen LogP contribution in [0.25, 0.3) is 5.65 Å². The van der Waals surface area contributed by atoms with Crippen molar-refractivity contribution in [2.24, 2.45) is 7.05 Å². The molecule has 0 amide bonds. The van der Waals surface area contributed by atoms with Gasteiger partial charge in [-0.25, -0.2) is 4.98 Å². The smallest absolute Gasteiger partial charge is 0.176 e. The predicted octanol–water partition coefficient (Wildman–Crippen LogP) is 1.09. The van der Waals surface area contributed by atoms with Gasteiger partial charge < -0.3 is 9.47 Å². The van der Waals surface area contributed by atoms with Gasteiger partial charge in [0.05, 0.1) is 12.4 Å². The molecule has 1 fully saturated rings. The molecule has 1 aliphatic heterocycles. The van der Waals surface area contributed by atoms with Crippen LogP contribution in [0.1, 0.15) is 11.4 Å². The summed E-state index contributed by atoms with van der Waals surface area (Å²) in [5, 5.41) is 4.49. The first-order valence-corrected chi connectivity index (χ1v) is 7.94. The summed E-state index contributed by atoms with van der Waals surface area (Å²) in [4.78, 5) is 13.5. The number of fused-ring (bicyclic) bond motifs is 1. The molecule has 0 N–H and O–H groups in total. The molecule has 4 heterocycles. The van der Waals surface area contributed by atoms with Crippen molar-refractivity contribution in [3.05, 3.63) is 42.2 Å². The van der Waals surface area contributed by atoms with Crippen LogP contribution in [-0.4, -0.2) is 55.2 Å². The van der Waals surface area contributed by atoms with E-state index in [1.54, 1.807) is 6.20 Å². The minimum atomic E-state index is 0.780. The van der Waals surface area contributed by atoms with Gasteiger partial charge in [-0.3, -0.25) is 9.88 Å². The zero-order chi connectivity index (χ0) is 15.8. The van der Waals surface area contributed by atoms with Crippen LogP contribution in [0.5, 0.6) is 0 Å². The van der Waals surface area contributed by atoms with Gasteiger partial charge in [0, 0.05) is 52.2 Å². The quantitative estimate of drug-likeness (QED) is 0.725. The Labute approximate surface area is 135 Å². The van der Waals surface area contributed by atoms with Gasteiger partial charge in [0.25, 0.3) is 0 Å². The third kappa shape index (κ3) is 2.79. The molecule has 7 nitrogen and oxygen atoms in total. The number of aromatic nitrogens is 5. The fraction of sp³-hybridized carbons (Fsp3) is 0.438. The third-order valence-electron chi connectivity index (χ3n) is 4.33. The Morgan fingerprint density at radius 1 is 1.13 bits per heavy atom. The Morgan fingerprint density at radius 2 is 1.96 bits per heavy atom. The SMILES string of the molecule is Cc1nc2cncc(N3CCN(Cc4ccn(C)c4)CC3)n2n1. The predicted molar refractivity (Wildman–Crippen MR) is 88.4 cm³/mol. The topological polar surface area (TPSA) is 54.5 Å². The highest BCUT2D eigenvalue weighted by atomic mass is 15.4. The molecular weight excluding hydrogens is 290 g/mol. The largest absolute Gasteiger partial charge is 0.357 e. The lowest BCUT2D eigenvalue weighted by Gasteiger charge is -2.35. The van der Waals surface area contributed by atoms with Crippen molar-refractivity contribution in [3.8, 4) is 0 Å². The van der Waals surface area contributed by atoms with Crippen LogP contribution in [-0.2, 0) is 13.6 Å². The van der Waals surface area contributed by atoms with Crippen LogP contribution in [0, 0.1) is 6.92 Å². The summed E-state index contributed by atoms with van der Waals surface area (Å²) in [6.45, 7) is 6.96. The van der Waals surface area contributed by atoms with Gasteiger partial charge >= 0.3 is 0 Å². The molecule has 3 aromatic rings. The molecular formula is C16H21N7. The fourth-order valence-corrected chi connectivity index (χ4v) is 3.17. The molecule has 0 aliphatic carbocycles. The third-order valence-corrected chi connectivity index (χ3v) is 4.33. The molecule has 0 atom stereocenters. The normalized spacial score (nSPS) is 16.3. The number of hydrogen-bond acceptors (Lipinski definition) is 5. The molecule has 1 saturated heterocycles. The lowest BCUT2D eigenvalue weighted by molar-refractivity contribution is 0.249. The summed E-state index contributed by atoms with van der Waals surface area (Å²) in [6.07, 6.45) is 7.93. The van der Waals surface area contributed by atoms with E-state index >= 15 is 0 Å². The van der Waals surface area contributed by atoms with Gasteiger partial charge in [0.15, 0.2) is 11.5 Å². The fourth-order valence-electron chi connectivity index (χ4n) is 3.17. The minimum absolute atomic E-state index is 0.780. The zero-order valence-corrected chi connectivity index (χ0v) is 13.6. The summed E-state index contributed by atoms with van der Waals surface area (Å²) < 4.78 is 4.00. The molecule has 7 heteroatoms. The second-order valence-electron chi connectivity index (χ2n) is 6.14. The van der Waals surface area contributed by atoms with Crippen molar-refractivity contribution in [2.45, 2.75) is 13.5 Å². The van der Waals surface area contributed by atoms with E-state index in [1.807, 2.05) is 17.6 Å². The highest BCUT2D eigenvalue weighted by Crippen LogP contribution is 2.17. The first-order chi connectivity index (χ1) is 11.2. The summed E-state index contributed by atoms with van der Waals surface area (Å²) in [6, 6.07) is 2.19. The summed E-state index contributed by atoms with van der Waals surface area (Å²) in [5.41, 5.74) is 2.18. The molecule has 23 heavy (non-hydrogen) atoms. The second kappa shape index (κ2) is 5.66. The van der Waals surface area contributed by atoms with Crippen molar-refractivity contribution in [1.82, 2.24) is 29.0 Å². The average Bonchev–Trinajstić information content (AvgIpc) is 3.12. The Balaban J connectivity index is 1.46. The van der Waals surface area contributed by atoms with E-state index in [4.69, 9.17) is 0 Å². The van der Waals surface area contributed by atoms with Gasteiger partial charge in [-0.15, -0.1) is 5.10 Å². The maximum atomic E-state index is 4.49. The summed E-state index contributed by atoms with van der Waals surface area (Å²) in [5.74, 6) is 1.81. The first kappa shape index (κ1) is 14.2. The van der Waals surface area contributed by atoms with Crippen LogP contribution in [0.15, 0.2) is 30.9 Å². The first-order valence-electron chi connectivity index (χ1n) is 7.94. The number of piperazine rings is 1. The Bertz CT molecular complexity index is 811. The van der Waals surface area contributed by atoms with Crippen LogP contribution in [0.2, 0.25) is 0 Å². The average molecular weight is 311 g/mol. The van der Waals surface area contributed by atoms with Crippen molar-refractivity contribution in [2.75, 3.05) is 31.1 Å². The van der Waals surface area contributed by atoms with Gasteiger partial charge in [0.2, 0.25) is 0 Å². The maximum absolute atomic E-state index is 4.49. The van der Waals surface area contributed by atoms with E-state index in [1.165, 1.54) is 5.56 Å². The lowest BCUT2D eigenvalue weighted by atomic mass is 10.2. The molecule has 3 aromatic heterocycles. The van der Waals surface area contributed by atoms with Crippen LogP contribution >= 0.6 is 0 Å². The van der Waals surface area contributed by atoms with Crippen molar-refractivity contribution in [3.63, 3.8) is 0 Å². The second-order valence-corrected chi connectivity index (χ2v) is 6.14. The molecule has 0 saturated carbocycles. The van der Waals surface area contributed by atoms with Crippen molar-refractivity contribution < 1.29 is 0 Å². The number of anilines is 1. The van der Waals surface area contributed by atoms with Gasteiger partial charge in [-0.2, -0.15) is 4.52 Å². The van der Waals surface area contributed by atoms with Crippen LogP contribution in [0.3, 0.4) is 0 Å². The molecule has 4 rings (SSSR count). The number of nitrogens with zero attached hydrogens (tertiary/aromatic N) is 7. The van der Waals surface area contributed by atoms with Crippen LogP contribution < -0.4 is 4.90 Å². The minimum Gasteiger partial charge on any atom is -0.357 e. The van der Waals surface area contributed by atoms with Crippen molar-refractivity contribution in [1.29, 1.82) is 0 Å². The van der Waals surface area contributed by atoms with Gasteiger partial charge in [-0.05, 0) is 18.6 Å². The highest BCUT2D eigenvalue weighted by molar-refractivity contribution is 5.47. The van der Waals surface area contributed by atoms with E-state index < -0.39 is 0 Å². The standard InChI is InChI=1S/C16H21N7/c1-13-18-15-9-17-10-16(23(15)19-13)22-7-5-21(6-8-22)12-14-3-4-20(2)11-14/h3-4,9-11H,5-8,12H2,1-2H3. The lowest BCUT2D eigenvalue weighted by Crippen LogP contribution is -2.46. The Morgan fingerprint density at radius 3 is 2.70 bits per heavy atom. The summed E-state index contributed by atoms with van der Waals surface area (Å²) >= 11 is 0. The molecule has 0 bridgehead atoms. The van der Waals surface area contributed by atoms with E-state index in [0.29, 0.717) is 0 Å². The van der Waals surface area contributed by atoms with Crippen molar-refractivity contribution >= 4 is 11.5 Å². The monoisotopic (exact) mass is 311 g/mol. The number of hydrogen-bond donors (Lipinski definition) is 0. The molecule has 1 aliphatic rings. The van der Waals surface area contributed by atoms with Gasteiger partial charge in [0.1, 0.15) is 5.82 Å².